The Balaban J connectivity index is 1.77. The highest BCUT2D eigenvalue weighted by Crippen LogP contribution is 2.22. The molecule has 2 N–H and O–H groups in total. The van der Waals surface area contributed by atoms with E-state index in [1.54, 1.807) is 24.3 Å². The van der Waals surface area contributed by atoms with Gasteiger partial charge in [-0.2, -0.15) is 0 Å². The predicted molar refractivity (Wildman–Crippen MR) is 95.9 cm³/mol. The molecule has 0 saturated heterocycles. The Labute approximate surface area is 149 Å². The van der Waals surface area contributed by atoms with Crippen molar-refractivity contribution in [3.8, 4) is 0 Å². The third kappa shape index (κ3) is 3.97. The van der Waals surface area contributed by atoms with Crippen molar-refractivity contribution >= 4 is 27.2 Å². The van der Waals surface area contributed by atoms with Gasteiger partial charge in [0, 0.05) is 0 Å². The lowest BCUT2D eigenvalue weighted by Gasteiger charge is -2.11. The molecule has 8 heteroatoms. The number of hydrogen-bond acceptors (Lipinski definition) is 4. The number of rotatable bonds is 5. The number of para-hydroxylation sites is 1. The molecule has 0 aliphatic heterocycles. The first-order chi connectivity index (χ1) is 12.3. The zero-order valence-electron chi connectivity index (χ0n) is 13.7. The molecule has 134 valence electrons. The molecule has 0 fully saturated rings. The monoisotopic (exact) mass is 375 g/mol. The number of nitrogens with zero attached hydrogens (tertiary/aromatic N) is 1. The van der Waals surface area contributed by atoms with Crippen LogP contribution in [0.15, 0.2) is 65.7 Å². The molecule has 1 heterocycles. The lowest BCUT2D eigenvalue weighted by atomic mass is 10.2. The number of aryl methyl sites for hydroxylation is 1. The minimum atomic E-state index is -3.90. The summed E-state index contributed by atoms with van der Waals surface area (Å²) in [5.41, 5.74) is 1.07. The number of sulfonamides is 1. The van der Waals surface area contributed by atoms with Gasteiger partial charge in [-0.15, -0.1) is 0 Å². The number of halogens is 2. The van der Waals surface area contributed by atoms with E-state index in [4.69, 9.17) is 0 Å². The number of nitrogens with one attached hydrogen (secondary N) is 2. The fourth-order valence-corrected chi connectivity index (χ4v) is 3.59. The molecule has 1 aromatic heterocycles. The third-order valence-corrected chi connectivity index (χ3v) is 5.10. The van der Waals surface area contributed by atoms with Gasteiger partial charge < -0.3 is 5.32 Å². The Hall–Kier alpha value is -3.00. The normalized spacial score (nSPS) is 11.2. The molecule has 5 nitrogen and oxygen atoms in total. The second-order valence-corrected chi connectivity index (χ2v) is 7.20. The molecule has 0 aliphatic carbocycles. The number of benzene rings is 2. The van der Waals surface area contributed by atoms with Crippen molar-refractivity contribution in [1.82, 2.24) is 4.98 Å². The van der Waals surface area contributed by atoms with Crippen LogP contribution in [-0.2, 0) is 10.0 Å². The van der Waals surface area contributed by atoms with Crippen LogP contribution in [0.5, 0.6) is 0 Å². The van der Waals surface area contributed by atoms with E-state index in [1.807, 2.05) is 0 Å². The molecular weight excluding hydrogens is 360 g/mol. The van der Waals surface area contributed by atoms with Crippen LogP contribution in [0, 0.1) is 18.6 Å². The minimum absolute atomic E-state index is 0.0331. The SMILES string of the molecule is Cc1cc(F)ccc1S(=O)(=O)Nc1ccc(Nc2ccccc2F)cn1. The summed E-state index contributed by atoms with van der Waals surface area (Å²) in [7, 11) is -3.90. The second kappa shape index (κ2) is 7.09. The number of hydrogen-bond donors (Lipinski definition) is 2. The summed E-state index contributed by atoms with van der Waals surface area (Å²) in [5, 5.41) is 2.85. The van der Waals surface area contributed by atoms with Crippen LogP contribution in [-0.4, -0.2) is 13.4 Å². The van der Waals surface area contributed by atoms with Crippen molar-refractivity contribution in [3.05, 3.63) is 78.0 Å². The molecule has 0 aliphatic rings. The summed E-state index contributed by atoms with van der Waals surface area (Å²) in [6.45, 7) is 1.51. The van der Waals surface area contributed by atoms with Gasteiger partial charge in [-0.1, -0.05) is 12.1 Å². The van der Waals surface area contributed by atoms with Crippen LogP contribution in [0.2, 0.25) is 0 Å². The lowest BCUT2D eigenvalue weighted by molar-refractivity contribution is 0.598. The van der Waals surface area contributed by atoms with E-state index in [1.165, 1.54) is 31.3 Å². The van der Waals surface area contributed by atoms with Crippen LogP contribution in [0.25, 0.3) is 0 Å². The quantitative estimate of drug-likeness (QED) is 0.701. The number of aromatic nitrogens is 1. The molecule has 26 heavy (non-hydrogen) atoms. The van der Waals surface area contributed by atoms with Crippen LogP contribution in [0.1, 0.15) is 5.56 Å². The summed E-state index contributed by atoms with van der Waals surface area (Å²) >= 11 is 0. The molecule has 0 radical (unpaired) electrons. The van der Waals surface area contributed by atoms with Crippen molar-refractivity contribution < 1.29 is 17.2 Å². The smallest absolute Gasteiger partial charge is 0.263 e. The van der Waals surface area contributed by atoms with Crippen LogP contribution < -0.4 is 10.0 Å². The highest BCUT2D eigenvalue weighted by molar-refractivity contribution is 7.92. The fourth-order valence-electron chi connectivity index (χ4n) is 2.35. The van der Waals surface area contributed by atoms with E-state index in [0.29, 0.717) is 5.69 Å². The Morgan fingerprint density at radius 2 is 1.77 bits per heavy atom. The highest BCUT2D eigenvalue weighted by Gasteiger charge is 2.18. The molecular formula is C18H15F2N3O2S. The molecule has 0 bridgehead atoms. The Kier molecular flexibility index (Phi) is 4.85. The third-order valence-electron chi connectivity index (χ3n) is 3.58. The number of anilines is 3. The standard InChI is InChI=1S/C18H15F2N3O2S/c1-12-10-13(19)6-8-17(12)26(24,25)23-18-9-7-14(11-21-18)22-16-5-3-2-4-15(16)20/h2-11,22H,1H3,(H,21,23). The molecule has 0 spiro atoms. The van der Waals surface area contributed by atoms with Crippen molar-refractivity contribution in [2.75, 3.05) is 10.0 Å². The van der Waals surface area contributed by atoms with E-state index in [0.717, 1.165) is 12.1 Å². The largest absolute Gasteiger partial charge is 0.352 e. The van der Waals surface area contributed by atoms with Gasteiger partial charge in [0.15, 0.2) is 0 Å². The fraction of sp³-hybridized carbons (Fsp3) is 0.0556. The van der Waals surface area contributed by atoms with Crippen LogP contribution in [0.3, 0.4) is 0 Å². The molecule has 0 saturated carbocycles. The first-order valence-corrected chi connectivity index (χ1v) is 9.10. The molecule has 0 unspecified atom stereocenters. The van der Waals surface area contributed by atoms with Gasteiger partial charge >= 0.3 is 0 Å². The van der Waals surface area contributed by atoms with Crippen molar-refractivity contribution in [2.24, 2.45) is 0 Å². The second-order valence-electron chi connectivity index (χ2n) is 5.55. The summed E-state index contributed by atoms with van der Waals surface area (Å²) < 4.78 is 53.9. The van der Waals surface area contributed by atoms with E-state index in [-0.39, 0.29) is 22.0 Å². The Morgan fingerprint density at radius 1 is 1.00 bits per heavy atom. The van der Waals surface area contributed by atoms with Gasteiger partial charge in [-0.3, -0.25) is 4.72 Å². The molecule has 3 aromatic rings. The summed E-state index contributed by atoms with van der Waals surface area (Å²) in [6, 6.07) is 12.6. The summed E-state index contributed by atoms with van der Waals surface area (Å²) in [4.78, 5) is 3.98. The highest BCUT2D eigenvalue weighted by atomic mass is 32.2. The van der Waals surface area contributed by atoms with Gasteiger partial charge in [-0.25, -0.2) is 22.2 Å². The first-order valence-electron chi connectivity index (χ1n) is 7.62. The summed E-state index contributed by atoms with van der Waals surface area (Å²) in [6.07, 6.45) is 1.38. The molecule has 0 atom stereocenters. The zero-order chi connectivity index (χ0) is 18.7. The van der Waals surface area contributed by atoms with Crippen LogP contribution in [0.4, 0.5) is 26.0 Å². The van der Waals surface area contributed by atoms with E-state index < -0.39 is 21.7 Å². The molecule has 3 rings (SSSR count). The van der Waals surface area contributed by atoms with Gasteiger partial charge in [0.2, 0.25) is 0 Å². The average molecular weight is 375 g/mol. The van der Waals surface area contributed by atoms with E-state index in [2.05, 4.69) is 15.0 Å². The Morgan fingerprint density at radius 3 is 2.42 bits per heavy atom. The van der Waals surface area contributed by atoms with Gasteiger partial charge in [0.25, 0.3) is 10.0 Å². The van der Waals surface area contributed by atoms with Crippen molar-refractivity contribution in [2.45, 2.75) is 11.8 Å². The Bertz CT molecular complexity index is 1040. The predicted octanol–water partition coefficient (Wildman–Crippen LogP) is 4.21. The zero-order valence-corrected chi connectivity index (χ0v) is 14.5. The van der Waals surface area contributed by atoms with Gasteiger partial charge in [0.1, 0.15) is 17.5 Å². The maximum Gasteiger partial charge on any atom is 0.263 e. The van der Waals surface area contributed by atoms with Crippen molar-refractivity contribution in [3.63, 3.8) is 0 Å². The van der Waals surface area contributed by atoms with E-state index in [9.17, 15) is 17.2 Å². The van der Waals surface area contributed by atoms with Crippen LogP contribution >= 0.6 is 0 Å². The van der Waals surface area contributed by atoms with E-state index >= 15 is 0 Å². The summed E-state index contributed by atoms with van der Waals surface area (Å²) in [5.74, 6) is -0.833. The molecule has 2 aromatic carbocycles. The van der Waals surface area contributed by atoms with Crippen molar-refractivity contribution in [1.29, 1.82) is 0 Å². The topological polar surface area (TPSA) is 71.1 Å². The first kappa shape index (κ1) is 17.8. The minimum Gasteiger partial charge on any atom is -0.352 e. The lowest BCUT2D eigenvalue weighted by Crippen LogP contribution is -2.15. The average Bonchev–Trinajstić information content (AvgIpc) is 2.58. The number of pyridine rings is 1. The molecule has 0 amide bonds. The maximum absolute atomic E-state index is 13.6. The van der Waals surface area contributed by atoms with Gasteiger partial charge in [0.05, 0.1) is 22.5 Å². The maximum atomic E-state index is 13.6. The van der Waals surface area contributed by atoms with Gasteiger partial charge in [-0.05, 0) is 55.0 Å².